The van der Waals surface area contributed by atoms with Gasteiger partial charge in [0.05, 0.1) is 17.8 Å². The van der Waals surface area contributed by atoms with Crippen LogP contribution >= 0.6 is 22.9 Å². The Morgan fingerprint density at radius 3 is 2.87 bits per heavy atom. The van der Waals surface area contributed by atoms with Crippen molar-refractivity contribution < 1.29 is 9.53 Å². The molecule has 0 bridgehead atoms. The third-order valence-electron chi connectivity index (χ3n) is 2.95. The number of aromatic nitrogens is 3. The van der Waals surface area contributed by atoms with E-state index in [0.29, 0.717) is 10.8 Å². The number of rotatable bonds is 5. The lowest BCUT2D eigenvalue weighted by molar-refractivity contribution is -0.144. The van der Waals surface area contributed by atoms with E-state index in [-0.39, 0.29) is 19.0 Å². The number of hydrogen-bond acceptors (Lipinski definition) is 6. The van der Waals surface area contributed by atoms with Gasteiger partial charge in [0.25, 0.3) is 0 Å². The fraction of sp³-hybridized carbons (Fsp3) is 0.125. The Labute approximate surface area is 142 Å². The molecule has 0 saturated heterocycles. The van der Waals surface area contributed by atoms with Gasteiger partial charge in [0.2, 0.25) is 0 Å². The Kier molecular flexibility index (Phi) is 4.95. The molecule has 0 fully saturated rings. The van der Waals surface area contributed by atoms with Gasteiger partial charge in [-0.1, -0.05) is 23.7 Å². The van der Waals surface area contributed by atoms with E-state index in [1.54, 1.807) is 24.5 Å². The largest absolute Gasteiger partial charge is 0.460 e. The van der Waals surface area contributed by atoms with E-state index in [2.05, 4.69) is 15.0 Å². The highest BCUT2D eigenvalue weighted by Crippen LogP contribution is 2.21. The van der Waals surface area contributed by atoms with Gasteiger partial charge in [0.1, 0.15) is 16.8 Å². The highest BCUT2D eigenvalue weighted by Gasteiger charge is 2.11. The molecule has 0 aliphatic carbocycles. The zero-order valence-electron chi connectivity index (χ0n) is 12.0. The van der Waals surface area contributed by atoms with Gasteiger partial charge in [-0.25, -0.2) is 9.97 Å². The first-order chi connectivity index (χ1) is 11.2. The first kappa shape index (κ1) is 15.6. The van der Waals surface area contributed by atoms with Gasteiger partial charge in [0, 0.05) is 23.3 Å². The Hall–Kier alpha value is -2.31. The number of nitrogens with zero attached hydrogens (tertiary/aromatic N) is 3. The van der Waals surface area contributed by atoms with Crippen molar-refractivity contribution in [2.24, 2.45) is 0 Å². The van der Waals surface area contributed by atoms with E-state index in [1.165, 1.54) is 11.3 Å². The predicted octanol–water partition coefficient (Wildman–Crippen LogP) is 3.54. The lowest BCUT2D eigenvalue weighted by Crippen LogP contribution is -2.08. The molecule has 23 heavy (non-hydrogen) atoms. The van der Waals surface area contributed by atoms with Gasteiger partial charge in [-0.15, -0.1) is 11.3 Å². The van der Waals surface area contributed by atoms with Crippen LogP contribution < -0.4 is 0 Å². The first-order valence-electron chi connectivity index (χ1n) is 6.82. The van der Waals surface area contributed by atoms with Crippen LogP contribution in [-0.4, -0.2) is 20.9 Å². The first-order valence-corrected chi connectivity index (χ1v) is 8.08. The number of carbonyl (C=O) groups is 1. The number of hydrogen-bond donors (Lipinski definition) is 0. The van der Waals surface area contributed by atoms with Crippen molar-refractivity contribution in [2.75, 3.05) is 0 Å². The second kappa shape index (κ2) is 7.30. The average Bonchev–Trinajstić information content (AvgIpc) is 3.04. The molecular formula is C16H12ClN3O2S. The Bertz CT molecular complexity index is 791. The van der Waals surface area contributed by atoms with E-state index < -0.39 is 0 Å². The molecule has 5 nitrogen and oxygen atoms in total. The summed E-state index contributed by atoms with van der Waals surface area (Å²) in [6.45, 7) is 0.167. The molecule has 0 saturated carbocycles. The molecule has 0 N–H and O–H groups in total. The summed E-state index contributed by atoms with van der Waals surface area (Å²) in [6, 6.07) is 9.06. The summed E-state index contributed by atoms with van der Waals surface area (Å²) in [5.74, 6) is -0.335. The summed E-state index contributed by atoms with van der Waals surface area (Å²) < 4.78 is 5.21. The molecule has 0 radical (unpaired) electrons. The van der Waals surface area contributed by atoms with E-state index in [0.717, 1.165) is 16.3 Å². The summed E-state index contributed by atoms with van der Waals surface area (Å²) in [7, 11) is 0. The Morgan fingerprint density at radius 1 is 1.22 bits per heavy atom. The summed E-state index contributed by atoms with van der Waals surface area (Å²) in [5, 5.41) is 3.04. The van der Waals surface area contributed by atoms with Gasteiger partial charge in [-0.2, -0.15) is 0 Å². The zero-order valence-corrected chi connectivity index (χ0v) is 13.5. The molecule has 0 atom stereocenters. The lowest BCUT2D eigenvalue weighted by Gasteiger charge is -2.03. The second-order valence-corrected chi connectivity index (χ2v) is 5.93. The SMILES string of the molecule is O=C(Cc1csc(-c2ccccn2)n1)OCc1ccc(Cl)nc1. The van der Waals surface area contributed by atoms with Crippen molar-refractivity contribution in [1.29, 1.82) is 0 Å². The zero-order chi connectivity index (χ0) is 16.1. The molecule has 116 valence electrons. The van der Waals surface area contributed by atoms with Gasteiger partial charge in [-0.05, 0) is 18.2 Å². The molecule has 3 aromatic heterocycles. The van der Waals surface area contributed by atoms with Crippen LogP contribution in [0.2, 0.25) is 5.15 Å². The van der Waals surface area contributed by atoms with E-state index in [1.807, 2.05) is 23.6 Å². The fourth-order valence-corrected chi connectivity index (χ4v) is 2.76. The van der Waals surface area contributed by atoms with E-state index in [4.69, 9.17) is 16.3 Å². The Balaban J connectivity index is 1.56. The molecular weight excluding hydrogens is 334 g/mol. The minimum atomic E-state index is -0.335. The second-order valence-electron chi connectivity index (χ2n) is 4.69. The molecule has 0 unspecified atom stereocenters. The number of pyridine rings is 2. The molecule has 0 aromatic carbocycles. The van der Waals surface area contributed by atoms with E-state index in [9.17, 15) is 4.79 Å². The number of thiazole rings is 1. The predicted molar refractivity (Wildman–Crippen MR) is 88.1 cm³/mol. The maximum atomic E-state index is 11.9. The van der Waals surface area contributed by atoms with Crippen LogP contribution in [0.25, 0.3) is 10.7 Å². The monoisotopic (exact) mass is 345 g/mol. The molecule has 0 amide bonds. The standard InChI is InChI=1S/C16H12ClN3O2S/c17-14-5-4-11(8-19-14)9-22-15(21)7-12-10-23-16(20-12)13-3-1-2-6-18-13/h1-6,8,10H,7,9H2. The minimum Gasteiger partial charge on any atom is -0.460 e. The molecule has 7 heteroatoms. The fourth-order valence-electron chi connectivity index (χ4n) is 1.85. The smallest absolute Gasteiger partial charge is 0.312 e. The average molecular weight is 346 g/mol. The number of esters is 1. The van der Waals surface area contributed by atoms with Gasteiger partial charge < -0.3 is 4.74 Å². The van der Waals surface area contributed by atoms with Gasteiger partial charge in [-0.3, -0.25) is 9.78 Å². The highest BCUT2D eigenvalue weighted by molar-refractivity contribution is 7.13. The van der Waals surface area contributed by atoms with Gasteiger partial charge >= 0.3 is 5.97 Å². The van der Waals surface area contributed by atoms with Crippen molar-refractivity contribution in [1.82, 2.24) is 15.0 Å². The van der Waals surface area contributed by atoms with Crippen molar-refractivity contribution in [3.8, 4) is 10.7 Å². The maximum Gasteiger partial charge on any atom is 0.312 e. The summed E-state index contributed by atoms with van der Waals surface area (Å²) >= 11 is 7.16. The summed E-state index contributed by atoms with van der Waals surface area (Å²) in [5.41, 5.74) is 2.26. The molecule has 0 spiro atoms. The minimum absolute atomic E-state index is 0.129. The van der Waals surface area contributed by atoms with Gasteiger partial charge in [0.15, 0.2) is 0 Å². The van der Waals surface area contributed by atoms with Crippen LogP contribution in [0.3, 0.4) is 0 Å². The number of ether oxygens (including phenoxy) is 1. The maximum absolute atomic E-state index is 11.9. The molecule has 3 heterocycles. The molecule has 3 rings (SSSR count). The van der Waals surface area contributed by atoms with Crippen LogP contribution in [0.4, 0.5) is 0 Å². The Morgan fingerprint density at radius 2 is 2.13 bits per heavy atom. The third-order valence-corrected chi connectivity index (χ3v) is 4.09. The summed E-state index contributed by atoms with van der Waals surface area (Å²) in [6.07, 6.45) is 3.42. The molecule has 0 aliphatic rings. The van der Waals surface area contributed by atoms with E-state index >= 15 is 0 Å². The highest BCUT2D eigenvalue weighted by atomic mass is 35.5. The van der Waals surface area contributed by atoms with Crippen LogP contribution in [0.15, 0.2) is 48.1 Å². The third kappa shape index (κ3) is 4.34. The van der Waals surface area contributed by atoms with Crippen molar-refractivity contribution in [3.05, 3.63) is 64.5 Å². The normalized spacial score (nSPS) is 10.5. The van der Waals surface area contributed by atoms with Crippen molar-refractivity contribution >= 4 is 28.9 Å². The van der Waals surface area contributed by atoms with Crippen LogP contribution in [0.1, 0.15) is 11.3 Å². The van der Waals surface area contributed by atoms with Crippen LogP contribution in [-0.2, 0) is 22.6 Å². The lowest BCUT2D eigenvalue weighted by atomic mass is 10.3. The summed E-state index contributed by atoms with van der Waals surface area (Å²) in [4.78, 5) is 24.5. The van der Waals surface area contributed by atoms with Crippen molar-refractivity contribution in [3.63, 3.8) is 0 Å². The number of carbonyl (C=O) groups excluding carboxylic acids is 1. The molecule has 0 aliphatic heterocycles. The molecule has 3 aromatic rings. The van der Waals surface area contributed by atoms with Crippen molar-refractivity contribution in [2.45, 2.75) is 13.0 Å². The van der Waals surface area contributed by atoms with Crippen LogP contribution in [0, 0.1) is 0 Å². The quantitative estimate of drug-likeness (QED) is 0.522. The number of halogens is 1. The topological polar surface area (TPSA) is 65.0 Å². The van der Waals surface area contributed by atoms with Crippen LogP contribution in [0.5, 0.6) is 0 Å².